The second kappa shape index (κ2) is 7.49. The molecule has 0 bridgehead atoms. The summed E-state index contributed by atoms with van der Waals surface area (Å²) in [4.78, 5) is 0.323. The molecule has 118 valence electrons. The molecule has 0 radical (unpaired) electrons. The summed E-state index contributed by atoms with van der Waals surface area (Å²) in [7, 11) is -3.40. The lowest BCUT2D eigenvalue weighted by atomic mass is 10.3. The highest BCUT2D eigenvalue weighted by atomic mass is 32.2. The number of hydrogen-bond acceptors (Lipinski definition) is 5. The Kier molecular flexibility index (Phi) is 5.92. The van der Waals surface area contributed by atoms with Gasteiger partial charge in [-0.1, -0.05) is 6.92 Å². The second-order valence-corrected chi connectivity index (χ2v) is 8.22. The van der Waals surface area contributed by atoms with Crippen LogP contribution in [0.3, 0.4) is 0 Å². The predicted octanol–water partition coefficient (Wildman–Crippen LogP) is 1.54. The van der Waals surface area contributed by atoms with Crippen molar-refractivity contribution in [2.45, 2.75) is 23.5 Å². The quantitative estimate of drug-likeness (QED) is 0.856. The summed E-state index contributed by atoms with van der Waals surface area (Å²) >= 11 is 1.85. The van der Waals surface area contributed by atoms with Gasteiger partial charge in [-0.25, -0.2) is 8.42 Å². The van der Waals surface area contributed by atoms with Crippen LogP contribution in [0.4, 0.5) is 0 Å². The molecule has 0 aliphatic carbocycles. The van der Waals surface area contributed by atoms with E-state index in [0.717, 1.165) is 12.2 Å². The second-order valence-electron chi connectivity index (χ2n) is 4.87. The van der Waals surface area contributed by atoms with Gasteiger partial charge in [0.25, 0.3) is 0 Å². The Labute approximate surface area is 130 Å². The maximum atomic E-state index is 12.6. The average Bonchev–Trinajstić information content (AvgIpc) is 2.53. The van der Waals surface area contributed by atoms with E-state index < -0.39 is 10.0 Å². The normalized spacial score (nSPS) is 20.4. The van der Waals surface area contributed by atoms with E-state index in [-0.39, 0.29) is 0 Å². The van der Waals surface area contributed by atoms with Gasteiger partial charge in [-0.2, -0.15) is 16.1 Å². The molecule has 21 heavy (non-hydrogen) atoms. The van der Waals surface area contributed by atoms with Crippen molar-refractivity contribution in [1.82, 2.24) is 4.31 Å². The molecule has 1 fully saturated rings. The van der Waals surface area contributed by atoms with Gasteiger partial charge in [0.05, 0.1) is 4.90 Å². The molecular formula is C14H22N2O3S2. The zero-order chi connectivity index (χ0) is 15.3. The lowest BCUT2D eigenvalue weighted by molar-refractivity contribution is 0.328. The molecule has 1 aromatic rings. The number of thioether (sulfide) groups is 1. The summed E-state index contributed by atoms with van der Waals surface area (Å²) in [6.07, 6.45) is 0.989. The van der Waals surface area contributed by atoms with Crippen LogP contribution in [0.5, 0.6) is 5.75 Å². The highest BCUT2D eigenvalue weighted by molar-refractivity contribution is 8.00. The molecule has 1 heterocycles. The molecule has 1 unspecified atom stereocenters. The van der Waals surface area contributed by atoms with Crippen molar-refractivity contribution in [1.29, 1.82) is 0 Å². The SMILES string of the molecule is CCC1CN(S(=O)(=O)c2ccc(OCCN)cc2)CCS1. The summed E-state index contributed by atoms with van der Waals surface area (Å²) in [5.74, 6) is 1.50. The van der Waals surface area contributed by atoms with Crippen LogP contribution in [-0.4, -0.2) is 50.0 Å². The van der Waals surface area contributed by atoms with Crippen LogP contribution >= 0.6 is 11.8 Å². The standard InChI is InChI=1S/C14H22N2O3S2/c1-2-13-11-16(8-10-20-13)21(17,18)14-5-3-12(4-6-14)19-9-7-15/h3-6,13H,2,7-11,15H2,1H3. The third-order valence-corrected chi connectivity index (χ3v) is 6.66. The topological polar surface area (TPSA) is 72.6 Å². The predicted molar refractivity (Wildman–Crippen MR) is 86.3 cm³/mol. The van der Waals surface area contributed by atoms with Gasteiger partial charge in [0.2, 0.25) is 10.0 Å². The zero-order valence-corrected chi connectivity index (χ0v) is 13.8. The fraction of sp³-hybridized carbons (Fsp3) is 0.571. The summed E-state index contributed by atoms with van der Waals surface area (Å²) in [6.45, 7) is 4.12. The van der Waals surface area contributed by atoms with Gasteiger partial charge in [-0.05, 0) is 30.7 Å². The molecule has 0 amide bonds. The molecular weight excluding hydrogens is 308 g/mol. The average molecular weight is 330 g/mol. The molecule has 0 aromatic heterocycles. The first-order valence-electron chi connectivity index (χ1n) is 7.12. The highest BCUT2D eigenvalue weighted by Gasteiger charge is 2.29. The number of sulfonamides is 1. The Bertz CT molecular complexity index is 546. The van der Waals surface area contributed by atoms with Crippen molar-refractivity contribution in [2.75, 3.05) is 32.0 Å². The van der Waals surface area contributed by atoms with E-state index in [0.29, 0.717) is 42.1 Å². The van der Waals surface area contributed by atoms with Gasteiger partial charge in [0, 0.05) is 30.6 Å². The van der Waals surface area contributed by atoms with Crippen molar-refractivity contribution in [3.05, 3.63) is 24.3 Å². The Morgan fingerprint density at radius 3 is 2.71 bits per heavy atom. The van der Waals surface area contributed by atoms with E-state index in [2.05, 4.69) is 6.92 Å². The van der Waals surface area contributed by atoms with Gasteiger partial charge in [-0.3, -0.25) is 0 Å². The first-order valence-corrected chi connectivity index (χ1v) is 9.61. The number of hydrogen-bond donors (Lipinski definition) is 1. The minimum Gasteiger partial charge on any atom is -0.492 e. The molecule has 0 saturated carbocycles. The number of nitrogens with two attached hydrogens (primary N) is 1. The van der Waals surface area contributed by atoms with Crippen molar-refractivity contribution >= 4 is 21.8 Å². The van der Waals surface area contributed by atoms with E-state index in [1.807, 2.05) is 11.8 Å². The number of rotatable bonds is 6. The highest BCUT2D eigenvalue weighted by Crippen LogP contribution is 2.26. The van der Waals surface area contributed by atoms with E-state index in [1.54, 1.807) is 28.6 Å². The largest absolute Gasteiger partial charge is 0.492 e. The van der Waals surface area contributed by atoms with Crippen LogP contribution in [0.2, 0.25) is 0 Å². The number of benzene rings is 1. The molecule has 2 N–H and O–H groups in total. The van der Waals surface area contributed by atoms with E-state index in [9.17, 15) is 8.42 Å². The smallest absolute Gasteiger partial charge is 0.243 e. The molecule has 2 rings (SSSR count). The Morgan fingerprint density at radius 2 is 2.10 bits per heavy atom. The fourth-order valence-corrected chi connectivity index (χ4v) is 5.07. The van der Waals surface area contributed by atoms with Crippen molar-refractivity contribution in [3.63, 3.8) is 0 Å². The zero-order valence-electron chi connectivity index (χ0n) is 12.2. The molecule has 1 aliphatic heterocycles. The van der Waals surface area contributed by atoms with Gasteiger partial charge < -0.3 is 10.5 Å². The summed E-state index contributed by atoms with van der Waals surface area (Å²) in [6, 6.07) is 6.56. The van der Waals surface area contributed by atoms with Crippen LogP contribution in [0.15, 0.2) is 29.2 Å². The maximum Gasteiger partial charge on any atom is 0.243 e. The minimum atomic E-state index is -3.40. The Hall–Kier alpha value is -0.760. The monoisotopic (exact) mass is 330 g/mol. The van der Waals surface area contributed by atoms with E-state index in [1.165, 1.54) is 0 Å². The molecule has 0 spiro atoms. The van der Waals surface area contributed by atoms with Gasteiger partial charge in [0.1, 0.15) is 12.4 Å². The van der Waals surface area contributed by atoms with E-state index >= 15 is 0 Å². The lowest BCUT2D eigenvalue weighted by Crippen LogP contribution is -2.41. The van der Waals surface area contributed by atoms with Crippen molar-refractivity contribution in [2.24, 2.45) is 5.73 Å². The van der Waals surface area contributed by atoms with E-state index in [4.69, 9.17) is 10.5 Å². The van der Waals surface area contributed by atoms with Crippen LogP contribution in [0.1, 0.15) is 13.3 Å². The van der Waals surface area contributed by atoms with Crippen LogP contribution in [0.25, 0.3) is 0 Å². The summed E-state index contributed by atoms with van der Waals surface area (Å²) < 4.78 is 32.2. The molecule has 1 atom stereocenters. The summed E-state index contributed by atoms with van der Waals surface area (Å²) in [5, 5.41) is 0.390. The van der Waals surface area contributed by atoms with Crippen LogP contribution < -0.4 is 10.5 Å². The molecule has 1 aliphatic rings. The lowest BCUT2D eigenvalue weighted by Gasteiger charge is -2.31. The first kappa shape index (κ1) is 16.6. The van der Waals surface area contributed by atoms with Crippen LogP contribution in [0, 0.1) is 0 Å². The molecule has 5 nitrogen and oxygen atoms in total. The minimum absolute atomic E-state index is 0.323. The van der Waals surface area contributed by atoms with Gasteiger partial charge >= 0.3 is 0 Å². The Morgan fingerprint density at radius 1 is 1.38 bits per heavy atom. The number of nitrogens with zero attached hydrogens (tertiary/aromatic N) is 1. The van der Waals surface area contributed by atoms with Gasteiger partial charge in [-0.15, -0.1) is 0 Å². The molecule has 7 heteroatoms. The van der Waals surface area contributed by atoms with Crippen LogP contribution in [-0.2, 0) is 10.0 Å². The third kappa shape index (κ3) is 4.12. The first-order chi connectivity index (χ1) is 10.1. The molecule has 1 aromatic carbocycles. The summed E-state index contributed by atoms with van der Waals surface area (Å²) in [5.41, 5.74) is 5.37. The Balaban J connectivity index is 2.11. The fourth-order valence-electron chi connectivity index (χ4n) is 2.19. The van der Waals surface area contributed by atoms with Gasteiger partial charge in [0.15, 0.2) is 0 Å². The van der Waals surface area contributed by atoms with Crippen molar-refractivity contribution < 1.29 is 13.2 Å². The third-order valence-electron chi connectivity index (χ3n) is 3.40. The molecule has 1 saturated heterocycles. The number of ether oxygens (including phenoxy) is 1. The van der Waals surface area contributed by atoms with Crippen molar-refractivity contribution in [3.8, 4) is 5.75 Å². The maximum absolute atomic E-state index is 12.6.